The van der Waals surface area contributed by atoms with Crippen molar-refractivity contribution in [2.24, 2.45) is 4.99 Å². The number of benzene rings is 1. The molecule has 0 fully saturated rings. The van der Waals surface area contributed by atoms with Crippen LogP contribution in [0.3, 0.4) is 0 Å². The van der Waals surface area contributed by atoms with Crippen molar-refractivity contribution in [3.05, 3.63) is 33.9 Å². The van der Waals surface area contributed by atoms with E-state index in [1.165, 1.54) is 24.4 Å². The number of phenols is 1. The Bertz CT molecular complexity index is 433. The van der Waals surface area contributed by atoms with Crippen LogP contribution in [0, 0.1) is 10.1 Å². The summed E-state index contributed by atoms with van der Waals surface area (Å²) < 4.78 is 0. The van der Waals surface area contributed by atoms with Gasteiger partial charge < -0.3 is 5.11 Å². The fourth-order valence-electron chi connectivity index (χ4n) is 1.02. The van der Waals surface area contributed by atoms with Gasteiger partial charge in [0.25, 0.3) is 5.69 Å². The summed E-state index contributed by atoms with van der Waals surface area (Å²) in [6, 6.07) is 3.84. The van der Waals surface area contributed by atoms with Gasteiger partial charge in [0.05, 0.1) is 10.5 Å². The summed E-state index contributed by atoms with van der Waals surface area (Å²) in [6.07, 6.45) is 1.45. The molecular formula is C11H14N2O3. The molecule has 0 aliphatic rings. The minimum Gasteiger partial charge on any atom is -0.507 e. The zero-order valence-corrected chi connectivity index (χ0v) is 9.47. The lowest BCUT2D eigenvalue weighted by Crippen LogP contribution is -2.09. The molecule has 0 bridgehead atoms. The zero-order valence-electron chi connectivity index (χ0n) is 9.47. The van der Waals surface area contributed by atoms with Crippen LogP contribution in [-0.2, 0) is 0 Å². The van der Waals surface area contributed by atoms with Crippen LogP contribution in [0.2, 0.25) is 0 Å². The lowest BCUT2D eigenvalue weighted by atomic mass is 10.1. The Labute approximate surface area is 93.6 Å². The summed E-state index contributed by atoms with van der Waals surface area (Å²) in [5.74, 6) is -0.0152. The number of non-ortho nitro benzene ring substituents is 1. The Morgan fingerprint density at radius 3 is 2.56 bits per heavy atom. The molecule has 0 radical (unpaired) electrons. The van der Waals surface area contributed by atoms with Gasteiger partial charge in [-0.3, -0.25) is 15.1 Å². The Balaban J connectivity index is 3.08. The molecule has 1 N–H and O–H groups in total. The van der Waals surface area contributed by atoms with Crippen LogP contribution in [0.15, 0.2) is 23.2 Å². The molecule has 0 aliphatic heterocycles. The van der Waals surface area contributed by atoms with Crippen LogP contribution < -0.4 is 0 Å². The van der Waals surface area contributed by atoms with E-state index in [0.717, 1.165) is 0 Å². The predicted molar refractivity (Wildman–Crippen MR) is 62.1 cm³/mol. The monoisotopic (exact) mass is 222 g/mol. The van der Waals surface area contributed by atoms with Crippen molar-refractivity contribution >= 4 is 11.9 Å². The van der Waals surface area contributed by atoms with E-state index >= 15 is 0 Å². The van der Waals surface area contributed by atoms with E-state index < -0.39 is 4.92 Å². The molecule has 86 valence electrons. The van der Waals surface area contributed by atoms with Crippen molar-refractivity contribution in [3.63, 3.8) is 0 Å². The number of rotatable bonds is 2. The van der Waals surface area contributed by atoms with Gasteiger partial charge in [0.15, 0.2) is 0 Å². The Morgan fingerprint density at radius 2 is 2.06 bits per heavy atom. The maximum atomic E-state index is 10.5. The van der Waals surface area contributed by atoms with Crippen LogP contribution in [0.4, 0.5) is 5.69 Å². The molecule has 0 saturated carbocycles. The highest BCUT2D eigenvalue weighted by atomic mass is 16.6. The molecule has 0 unspecified atom stereocenters. The fourth-order valence-corrected chi connectivity index (χ4v) is 1.02. The smallest absolute Gasteiger partial charge is 0.270 e. The molecule has 1 rings (SSSR count). The largest absolute Gasteiger partial charge is 0.507 e. The minimum absolute atomic E-state index is 0.0152. The molecule has 0 aliphatic carbocycles. The summed E-state index contributed by atoms with van der Waals surface area (Å²) in [7, 11) is 0. The van der Waals surface area contributed by atoms with Crippen molar-refractivity contribution in [2.75, 3.05) is 0 Å². The first-order valence-corrected chi connectivity index (χ1v) is 4.82. The highest BCUT2D eigenvalue weighted by Gasteiger charge is 2.10. The number of nitro groups is 1. The first-order chi connectivity index (χ1) is 7.29. The van der Waals surface area contributed by atoms with Crippen molar-refractivity contribution in [1.82, 2.24) is 0 Å². The topological polar surface area (TPSA) is 75.7 Å². The second-order valence-corrected chi connectivity index (χ2v) is 4.43. The lowest BCUT2D eigenvalue weighted by molar-refractivity contribution is -0.384. The molecule has 1 aromatic rings. The standard InChI is InChI=1S/C11H14N2O3/c1-11(2,3)12-7-8-6-9(13(15)16)4-5-10(8)14/h4-7,14H,1-3H3. The maximum Gasteiger partial charge on any atom is 0.270 e. The molecule has 0 amide bonds. The van der Waals surface area contributed by atoms with E-state index in [1.54, 1.807) is 0 Å². The Morgan fingerprint density at radius 1 is 1.44 bits per heavy atom. The quantitative estimate of drug-likeness (QED) is 0.474. The van der Waals surface area contributed by atoms with Gasteiger partial charge in [0, 0.05) is 23.9 Å². The molecule has 16 heavy (non-hydrogen) atoms. The van der Waals surface area contributed by atoms with Gasteiger partial charge in [0.1, 0.15) is 5.75 Å². The summed E-state index contributed by atoms with van der Waals surface area (Å²) >= 11 is 0. The summed E-state index contributed by atoms with van der Waals surface area (Å²) in [5.41, 5.74) is 0.00846. The molecule has 5 heteroatoms. The third-order valence-corrected chi connectivity index (χ3v) is 1.81. The minimum atomic E-state index is -0.506. The van der Waals surface area contributed by atoms with E-state index in [-0.39, 0.29) is 17.0 Å². The van der Waals surface area contributed by atoms with Crippen LogP contribution in [0.25, 0.3) is 0 Å². The normalized spacial score (nSPS) is 11.9. The van der Waals surface area contributed by atoms with E-state index in [2.05, 4.69) is 4.99 Å². The van der Waals surface area contributed by atoms with Crippen molar-refractivity contribution in [3.8, 4) is 5.75 Å². The third-order valence-electron chi connectivity index (χ3n) is 1.81. The fraction of sp³-hybridized carbons (Fsp3) is 0.364. The maximum absolute atomic E-state index is 10.5. The average molecular weight is 222 g/mol. The number of phenolic OH excluding ortho intramolecular Hbond substituents is 1. The van der Waals surface area contributed by atoms with Crippen LogP contribution >= 0.6 is 0 Å². The van der Waals surface area contributed by atoms with E-state index in [4.69, 9.17) is 0 Å². The van der Waals surface area contributed by atoms with Crippen LogP contribution in [-0.4, -0.2) is 21.8 Å². The van der Waals surface area contributed by atoms with Gasteiger partial charge in [-0.05, 0) is 26.8 Å². The molecule has 0 atom stereocenters. The molecular weight excluding hydrogens is 208 g/mol. The van der Waals surface area contributed by atoms with Crippen LogP contribution in [0.1, 0.15) is 26.3 Å². The number of nitrogens with zero attached hydrogens (tertiary/aromatic N) is 2. The van der Waals surface area contributed by atoms with Gasteiger partial charge in [-0.15, -0.1) is 0 Å². The number of nitro benzene ring substituents is 1. The molecule has 0 aromatic heterocycles. The second-order valence-electron chi connectivity index (χ2n) is 4.43. The van der Waals surface area contributed by atoms with Gasteiger partial charge in [-0.2, -0.15) is 0 Å². The average Bonchev–Trinajstić information content (AvgIpc) is 2.14. The van der Waals surface area contributed by atoms with E-state index in [1.807, 2.05) is 20.8 Å². The third kappa shape index (κ3) is 3.34. The van der Waals surface area contributed by atoms with E-state index in [9.17, 15) is 15.2 Å². The lowest BCUT2D eigenvalue weighted by Gasteiger charge is -2.10. The highest BCUT2D eigenvalue weighted by molar-refractivity contribution is 5.84. The number of aromatic hydroxyl groups is 1. The summed E-state index contributed by atoms with van der Waals surface area (Å²) in [4.78, 5) is 14.2. The Hall–Kier alpha value is -1.91. The summed E-state index contributed by atoms with van der Waals surface area (Å²) in [6.45, 7) is 5.70. The number of hydrogen-bond donors (Lipinski definition) is 1. The molecule has 0 saturated heterocycles. The SMILES string of the molecule is CC(C)(C)N=Cc1cc([N+](=O)[O-])ccc1O. The zero-order chi connectivity index (χ0) is 12.3. The molecule has 5 nitrogen and oxygen atoms in total. The van der Waals surface area contributed by atoms with Gasteiger partial charge >= 0.3 is 0 Å². The second kappa shape index (κ2) is 4.30. The molecule has 0 heterocycles. The number of aliphatic imine (C=N–C) groups is 1. The van der Waals surface area contributed by atoms with Crippen molar-refractivity contribution in [1.29, 1.82) is 0 Å². The van der Waals surface area contributed by atoms with Gasteiger partial charge in [-0.1, -0.05) is 0 Å². The summed E-state index contributed by atoms with van der Waals surface area (Å²) in [5, 5.41) is 20.0. The van der Waals surface area contributed by atoms with Gasteiger partial charge in [0.2, 0.25) is 0 Å². The van der Waals surface area contributed by atoms with Gasteiger partial charge in [-0.25, -0.2) is 0 Å². The van der Waals surface area contributed by atoms with E-state index in [0.29, 0.717) is 5.56 Å². The molecule has 0 spiro atoms. The van der Waals surface area contributed by atoms with Crippen LogP contribution in [0.5, 0.6) is 5.75 Å². The van der Waals surface area contributed by atoms with Crippen molar-refractivity contribution in [2.45, 2.75) is 26.3 Å². The highest BCUT2D eigenvalue weighted by Crippen LogP contribution is 2.21. The van der Waals surface area contributed by atoms with Crippen molar-refractivity contribution < 1.29 is 10.0 Å². The first kappa shape index (κ1) is 12.2. The first-order valence-electron chi connectivity index (χ1n) is 4.82. The molecule has 1 aromatic carbocycles. The Kier molecular flexibility index (Phi) is 3.27. The predicted octanol–water partition coefficient (Wildman–Crippen LogP) is 2.52. The number of hydrogen-bond acceptors (Lipinski definition) is 4.